The lowest BCUT2D eigenvalue weighted by molar-refractivity contribution is -0.141. The van der Waals surface area contributed by atoms with Crippen molar-refractivity contribution in [3.8, 4) is 0 Å². The predicted molar refractivity (Wildman–Crippen MR) is 79.9 cm³/mol. The number of rotatable bonds is 4. The fourth-order valence-corrected chi connectivity index (χ4v) is 2.23. The molecule has 1 heterocycles. The minimum atomic E-state index is -0.955. The van der Waals surface area contributed by atoms with Gasteiger partial charge in [-0.3, -0.25) is 4.79 Å². The summed E-state index contributed by atoms with van der Waals surface area (Å²) in [6.07, 6.45) is 0.417. The molecular weight excluding hydrogens is 276 g/mol. The molecule has 2 rings (SSSR count). The third kappa shape index (κ3) is 3.12. The minimum absolute atomic E-state index is 0.142. The van der Waals surface area contributed by atoms with Crippen molar-refractivity contribution in [2.24, 2.45) is 11.1 Å². The molecule has 0 aromatic heterocycles. The van der Waals surface area contributed by atoms with Gasteiger partial charge in [-0.1, -0.05) is 48.8 Å². The summed E-state index contributed by atoms with van der Waals surface area (Å²) in [6.45, 7) is 6.46. The Morgan fingerprint density at radius 3 is 2.85 bits per heavy atom. The van der Waals surface area contributed by atoms with Crippen LogP contribution in [0, 0.1) is 5.92 Å². The number of hydrogen-bond donors (Lipinski definition) is 1. The largest absolute Gasteiger partial charge is 0.379 e. The van der Waals surface area contributed by atoms with Gasteiger partial charge >= 0.3 is 0 Å². The average molecular weight is 295 g/mol. The van der Waals surface area contributed by atoms with E-state index in [4.69, 9.17) is 16.4 Å². The smallest absolute Gasteiger partial charge is 0.267 e. The molecule has 1 aromatic carbocycles. The topological polar surface area (TPSA) is 50.7 Å². The molecule has 1 N–H and O–H groups in total. The Morgan fingerprint density at radius 2 is 2.20 bits per heavy atom. The average Bonchev–Trinajstić information content (AvgIpc) is 2.80. The zero-order chi connectivity index (χ0) is 14.8. The summed E-state index contributed by atoms with van der Waals surface area (Å²) in [5.74, 6) is 0.255. The molecule has 1 amide bonds. The van der Waals surface area contributed by atoms with E-state index in [0.717, 1.165) is 5.56 Å². The monoisotopic (exact) mass is 294 g/mol. The number of benzene rings is 1. The van der Waals surface area contributed by atoms with E-state index in [1.807, 2.05) is 32.0 Å². The van der Waals surface area contributed by atoms with Gasteiger partial charge in [0.2, 0.25) is 5.60 Å². The van der Waals surface area contributed by atoms with Crippen LogP contribution in [-0.2, 0) is 9.63 Å². The van der Waals surface area contributed by atoms with Gasteiger partial charge in [0.15, 0.2) is 0 Å². The highest BCUT2D eigenvalue weighted by molar-refractivity contribution is 6.34. The third-order valence-corrected chi connectivity index (χ3v) is 3.53. The zero-order valence-corrected chi connectivity index (χ0v) is 12.7. The molecule has 1 atom stereocenters. The van der Waals surface area contributed by atoms with Crippen LogP contribution in [0.5, 0.6) is 0 Å². The van der Waals surface area contributed by atoms with Crippen molar-refractivity contribution in [2.45, 2.75) is 32.8 Å². The van der Waals surface area contributed by atoms with Crippen LogP contribution < -0.4 is 5.32 Å². The number of hydrogen-bond acceptors (Lipinski definition) is 3. The molecule has 0 radical (unpaired) electrons. The summed E-state index contributed by atoms with van der Waals surface area (Å²) in [4.78, 5) is 17.6. The molecule has 0 unspecified atom stereocenters. The van der Waals surface area contributed by atoms with Crippen LogP contribution in [0.1, 0.15) is 32.8 Å². The summed E-state index contributed by atoms with van der Waals surface area (Å²) in [7, 11) is 0. The fraction of sp³-hybridized carbons (Fsp3) is 0.467. The maximum absolute atomic E-state index is 12.2. The standard InChI is InChI=1S/C15H19ClN2O2/c1-10(2)9-17-14(19)15(3)8-13(18-20-15)11-6-4-5-7-12(11)16/h4-7,10H,8-9H2,1-3H3,(H,17,19)/t15-/m0/s1. The van der Waals surface area contributed by atoms with Crippen molar-refractivity contribution < 1.29 is 9.63 Å². The SMILES string of the molecule is CC(C)CNC(=O)[C@]1(C)CC(c2ccccc2Cl)=NO1. The summed E-state index contributed by atoms with van der Waals surface area (Å²) < 4.78 is 0. The van der Waals surface area contributed by atoms with Gasteiger partial charge in [0, 0.05) is 23.6 Å². The first-order chi connectivity index (χ1) is 9.42. The maximum Gasteiger partial charge on any atom is 0.267 e. The second kappa shape index (κ2) is 5.83. The van der Waals surface area contributed by atoms with Gasteiger partial charge in [-0.05, 0) is 18.9 Å². The molecule has 0 saturated heterocycles. The first kappa shape index (κ1) is 14.9. The summed E-state index contributed by atoms with van der Waals surface area (Å²) in [5.41, 5.74) is 0.566. The Kier molecular flexibility index (Phi) is 4.33. The van der Waals surface area contributed by atoms with E-state index >= 15 is 0 Å². The van der Waals surface area contributed by atoms with E-state index in [1.54, 1.807) is 13.0 Å². The lowest BCUT2D eigenvalue weighted by Gasteiger charge is -2.21. The molecule has 108 valence electrons. The van der Waals surface area contributed by atoms with Crippen molar-refractivity contribution in [1.82, 2.24) is 5.32 Å². The van der Waals surface area contributed by atoms with Crippen LogP contribution in [0.25, 0.3) is 0 Å². The van der Waals surface area contributed by atoms with Crippen LogP contribution in [-0.4, -0.2) is 23.8 Å². The number of oxime groups is 1. The molecule has 0 spiro atoms. The molecule has 5 heteroatoms. The highest BCUT2D eigenvalue weighted by Gasteiger charge is 2.42. The summed E-state index contributed by atoms with van der Waals surface area (Å²) in [6, 6.07) is 7.42. The number of carbonyl (C=O) groups excluding carboxylic acids is 1. The van der Waals surface area contributed by atoms with Gasteiger partial charge in [0.25, 0.3) is 5.91 Å². The summed E-state index contributed by atoms with van der Waals surface area (Å²) in [5, 5.41) is 7.53. The molecule has 0 saturated carbocycles. The molecule has 20 heavy (non-hydrogen) atoms. The molecule has 0 fully saturated rings. The Labute approximate surface area is 124 Å². The zero-order valence-electron chi connectivity index (χ0n) is 11.9. The first-order valence-corrected chi connectivity index (χ1v) is 7.08. The lowest BCUT2D eigenvalue weighted by Crippen LogP contribution is -2.45. The molecule has 0 bridgehead atoms. The second-order valence-electron chi connectivity index (χ2n) is 5.62. The van der Waals surface area contributed by atoms with E-state index in [2.05, 4.69) is 10.5 Å². The van der Waals surface area contributed by atoms with Crippen molar-refractivity contribution in [1.29, 1.82) is 0 Å². The van der Waals surface area contributed by atoms with Crippen molar-refractivity contribution >= 4 is 23.2 Å². The number of carbonyl (C=O) groups is 1. The maximum atomic E-state index is 12.2. The Balaban J connectivity index is 2.07. The fourth-order valence-electron chi connectivity index (χ4n) is 1.99. The van der Waals surface area contributed by atoms with Crippen molar-refractivity contribution in [3.63, 3.8) is 0 Å². The predicted octanol–water partition coefficient (Wildman–Crippen LogP) is 3.00. The van der Waals surface area contributed by atoms with Gasteiger partial charge in [0.1, 0.15) is 0 Å². The quantitative estimate of drug-likeness (QED) is 0.928. The van der Waals surface area contributed by atoms with E-state index in [1.165, 1.54) is 0 Å². The highest BCUT2D eigenvalue weighted by atomic mass is 35.5. The Bertz CT molecular complexity index is 542. The van der Waals surface area contributed by atoms with E-state index in [0.29, 0.717) is 29.6 Å². The Hall–Kier alpha value is -1.55. The molecule has 1 aromatic rings. The number of amides is 1. The molecular formula is C15H19ClN2O2. The van der Waals surface area contributed by atoms with Crippen LogP contribution in [0.4, 0.5) is 0 Å². The van der Waals surface area contributed by atoms with Crippen molar-refractivity contribution in [2.75, 3.05) is 6.54 Å². The minimum Gasteiger partial charge on any atom is -0.379 e. The van der Waals surface area contributed by atoms with Crippen molar-refractivity contribution in [3.05, 3.63) is 34.9 Å². The highest BCUT2D eigenvalue weighted by Crippen LogP contribution is 2.29. The van der Waals surface area contributed by atoms with E-state index in [-0.39, 0.29) is 5.91 Å². The molecule has 1 aliphatic rings. The van der Waals surface area contributed by atoms with Gasteiger partial charge in [0.05, 0.1) is 5.71 Å². The molecule has 0 aliphatic carbocycles. The normalized spacial score (nSPS) is 21.6. The van der Waals surface area contributed by atoms with Crippen LogP contribution >= 0.6 is 11.6 Å². The van der Waals surface area contributed by atoms with Crippen LogP contribution in [0.15, 0.2) is 29.4 Å². The lowest BCUT2D eigenvalue weighted by atomic mass is 9.95. The number of nitrogens with one attached hydrogen (secondary N) is 1. The number of nitrogens with zero attached hydrogens (tertiary/aromatic N) is 1. The second-order valence-corrected chi connectivity index (χ2v) is 6.03. The van der Waals surface area contributed by atoms with E-state index < -0.39 is 5.60 Å². The van der Waals surface area contributed by atoms with Crippen LogP contribution in [0.2, 0.25) is 5.02 Å². The first-order valence-electron chi connectivity index (χ1n) is 6.70. The van der Waals surface area contributed by atoms with Crippen LogP contribution in [0.3, 0.4) is 0 Å². The van der Waals surface area contributed by atoms with Gasteiger partial charge in [-0.2, -0.15) is 0 Å². The third-order valence-electron chi connectivity index (χ3n) is 3.20. The van der Waals surface area contributed by atoms with Gasteiger partial charge in [-0.25, -0.2) is 0 Å². The van der Waals surface area contributed by atoms with E-state index in [9.17, 15) is 4.79 Å². The van der Waals surface area contributed by atoms with Gasteiger partial charge in [-0.15, -0.1) is 0 Å². The summed E-state index contributed by atoms with van der Waals surface area (Å²) >= 11 is 6.14. The Morgan fingerprint density at radius 1 is 1.50 bits per heavy atom. The van der Waals surface area contributed by atoms with Gasteiger partial charge < -0.3 is 10.2 Å². The number of halogens is 1. The molecule has 1 aliphatic heterocycles. The molecule has 4 nitrogen and oxygen atoms in total.